The van der Waals surface area contributed by atoms with Crippen LogP contribution in [0.4, 0.5) is 0 Å². The van der Waals surface area contributed by atoms with Crippen molar-refractivity contribution in [3.63, 3.8) is 0 Å². The molecule has 0 aromatic carbocycles. The van der Waals surface area contributed by atoms with Gasteiger partial charge < -0.3 is 5.73 Å². The van der Waals surface area contributed by atoms with Gasteiger partial charge in [-0.2, -0.15) is 0 Å². The number of hydrogen-bond acceptors (Lipinski definition) is 1. The molecule has 3 aliphatic rings. The highest BCUT2D eigenvalue weighted by molar-refractivity contribution is 4.98. The van der Waals surface area contributed by atoms with Crippen LogP contribution in [-0.2, 0) is 0 Å². The van der Waals surface area contributed by atoms with E-state index < -0.39 is 0 Å². The minimum absolute atomic E-state index is 0.564. The maximum atomic E-state index is 6.14. The van der Waals surface area contributed by atoms with Gasteiger partial charge in [0.2, 0.25) is 0 Å². The highest BCUT2D eigenvalue weighted by atomic mass is 14.7. The van der Waals surface area contributed by atoms with Crippen LogP contribution in [0.3, 0.4) is 0 Å². The molecule has 5 atom stereocenters. The molecule has 0 amide bonds. The normalized spacial score (nSPS) is 57.2. The molecule has 1 heteroatoms. The van der Waals surface area contributed by atoms with Gasteiger partial charge in [-0.1, -0.05) is 0 Å². The van der Waals surface area contributed by atoms with Crippen molar-refractivity contribution < 1.29 is 0 Å². The van der Waals surface area contributed by atoms with Gasteiger partial charge in [-0.3, -0.25) is 0 Å². The van der Waals surface area contributed by atoms with E-state index in [1.807, 2.05) is 0 Å². The van der Waals surface area contributed by atoms with E-state index in [9.17, 15) is 0 Å². The van der Waals surface area contributed by atoms with E-state index in [4.69, 9.17) is 5.73 Å². The van der Waals surface area contributed by atoms with Crippen molar-refractivity contribution in [2.45, 2.75) is 44.6 Å². The monoisotopic (exact) mass is 165 g/mol. The lowest BCUT2D eigenvalue weighted by molar-refractivity contribution is 0.488. The largest absolute Gasteiger partial charge is 0.327 e. The quantitative estimate of drug-likeness (QED) is 0.585. The van der Waals surface area contributed by atoms with Crippen LogP contribution in [0.25, 0.3) is 0 Å². The molecular weight excluding hydrogens is 146 g/mol. The number of fused-ring (bicyclic) bond motifs is 2. The molecule has 68 valence electrons. The van der Waals surface area contributed by atoms with Crippen LogP contribution >= 0.6 is 0 Å². The molecule has 0 bridgehead atoms. The van der Waals surface area contributed by atoms with Crippen LogP contribution in [0, 0.1) is 23.7 Å². The predicted molar refractivity (Wildman–Crippen MR) is 49.6 cm³/mol. The van der Waals surface area contributed by atoms with E-state index in [0.717, 1.165) is 23.7 Å². The van der Waals surface area contributed by atoms with Gasteiger partial charge >= 0.3 is 0 Å². The second kappa shape index (κ2) is 2.47. The molecule has 3 saturated carbocycles. The average Bonchev–Trinajstić information content (AvgIpc) is 2.93. The molecule has 0 heterocycles. The molecule has 5 unspecified atom stereocenters. The van der Waals surface area contributed by atoms with Gasteiger partial charge in [0.05, 0.1) is 0 Å². The summed E-state index contributed by atoms with van der Waals surface area (Å²) in [7, 11) is 0. The fraction of sp³-hybridized carbons (Fsp3) is 1.00. The average molecular weight is 165 g/mol. The standard InChI is InChI=1S/C11H19N/c12-11-4-3-8-5-7(8)1-2-9-6-10(9)11/h7-11H,1-6,12H2. The summed E-state index contributed by atoms with van der Waals surface area (Å²) in [6.45, 7) is 0. The SMILES string of the molecule is NC1CCC2CC2CCC2CC12. The van der Waals surface area contributed by atoms with Crippen LogP contribution in [0.15, 0.2) is 0 Å². The summed E-state index contributed by atoms with van der Waals surface area (Å²) in [5.74, 6) is 4.19. The first-order chi connectivity index (χ1) is 5.84. The fourth-order valence-corrected chi connectivity index (χ4v) is 3.19. The topological polar surface area (TPSA) is 26.0 Å². The Morgan fingerprint density at radius 1 is 0.750 bits per heavy atom. The van der Waals surface area contributed by atoms with Crippen molar-refractivity contribution in [1.82, 2.24) is 0 Å². The predicted octanol–water partition coefficient (Wildman–Crippen LogP) is 2.16. The van der Waals surface area contributed by atoms with Gasteiger partial charge in [0.25, 0.3) is 0 Å². The van der Waals surface area contributed by atoms with Crippen molar-refractivity contribution in [2.24, 2.45) is 29.4 Å². The smallest absolute Gasteiger partial charge is 0.00700 e. The molecule has 12 heavy (non-hydrogen) atoms. The lowest BCUT2D eigenvalue weighted by Crippen LogP contribution is -2.23. The van der Waals surface area contributed by atoms with Crippen molar-refractivity contribution in [1.29, 1.82) is 0 Å². The van der Waals surface area contributed by atoms with Crippen LogP contribution in [-0.4, -0.2) is 6.04 Å². The Kier molecular flexibility index (Phi) is 1.52. The Bertz CT molecular complexity index is 187. The minimum Gasteiger partial charge on any atom is -0.327 e. The van der Waals surface area contributed by atoms with Crippen molar-refractivity contribution in [3.05, 3.63) is 0 Å². The molecule has 3 fully saturated rings. The summed E-state index contributed by atoms with van der Waals surface area (Å²) in [4.78, 5) is 0. The van der Waals surface area contributed by atoms with Crippen LogP contribution in [0.5, 0.6) is 0 Å². The second-order valence-electron chi connectivity index (χ2n) is 5.23. The summed E-state index contributed by atoms with van der Waals surface area (Å²) in [6.07, 6.45) is 8.78. The van der Waals surface area contributed by atoms with Gasteiger partial charge in [-0.05, 0) is 62.2 Å². The van der Waals surface area contributed by atoms with Gasteiger partial charge in [-0.25, -0.2) is 0 Å². The Balaban J connectivity index is 1.65. The zero-order chi connectivity index (χ0) is 8.13. The molecule has 1 nitrogen and oxygen atoms in total. The van der Waals surface area contributed by atoms with Gasteiger partial charge in [-0.15, -0.1) is 0 Å². The second-order valence-corrected chi connectivity index (χ2v) is 5.23. The molecule has 0 aromatic rings. The first kappa shape index (κ1) is 7.37. The lowest BCUT2D eigenvalue weighted by Gasteiger charge is -2.09. The van der Waals surface area contributed by atoms with E-state index in [-0.39, 0.29) is 0 Å². The molecular formula is C11H19N. The Morgan fingerprint density at radius 3 is 2.25 bits per heavy atom. The number of rotatable bonds is 0. The van der Waals surface area contributed by atoms with Crippen molar-refractivity contribution >= 4 is 0 Å². The van der Waals surface area contributed by atoms with E-state index in [1.165, 1.54) is 38.5 Å². The lowest BCUT2D eigenvalue weighted by atomic mass is 10.0. The fourth-order valence-electron chi connectivity index (χ4n) is 3.19. The van der Waals surface area contributed by atoms with E-state index in [2.05, 4.69) is 0 Å². The molecule has 0 radical (unpaired) electrons. The minimum atomic E-state index is 0.564. The van der Waals surface area contributed by atoms with Gasteiger partial charge in [0.15, 0.2) is 0 Å². The summed E-state index contributed by atoms with van der Waals surface area (Å²) in [5.41, 5.74) is 6.14. The zero-order valence-electron chi connectivity index (χ0n) is 7.71. The van der Waals surface area contributed by atoms with Gasteiger partial charge in [0.1, 0.15) is 0 Å². The van der Waals surface area contributed by atoms with E-state index in [0.29, 0.717) is 6.04 Å². The Labute approximate surface area is 74.7 Å². The molecule has 0 aromatic heterocycles. The Morgan fingerprint density at radius 2 is 1.42 bits per heavy atom. The number of hydrogen-bond donors (Lipinski definition) is 1. The van der Waals surface area contributed by atoms with Crippen LogP contribution in [0.2, 0.25) is 0 Å². The molecule has 2 N–H and O–H groups in total. The Hall–Kier alpha value is -0.0400. The van der Waals surface area contributed by atoms with Crippen LogP contribution in [0.1, 0.15) is 38.5 Å². The third-order valence-corrected chi connectivity index (χ3v) is 4.38. The molecule has 3 aliphatic carbocycles. The number of nitrogens with two attached hydrogens (primary N) is 1. The van der Waals surface area contributed by atoms with Crippen LogP contribution < -0.4 is 5.73 Å². The first-order valence-corrected chi connectivity index (χ1v) is 5.60. The molecule has 0 aliphatic heterocycles. The van der Waals surface area contributed by atoms with E-state index >= 15 is 0 Å². The summed E-state index contributed by atoms with van der Waals surface area (Å²) in [5, 5.41) is 0. The summed E-state index contributed by atoms with van der Waals surface area (Å²) < 4.78 is 0. The third kappa shape index (κ3) is 1.19. The molecule has 0 saturated heterocycles. The van der Waals surface area contributed by atoms with Gasteiger partial charge in [0, 0.05) is 6.04 Å². The highest BCUT2D eigenvalue weighted by Gasteiger charge is 2.46. The van der Waals surface area contributed by atoms with Crippen molar-refractivity contribution in [2.75, 3.05) is 0 Å². The van der Waals surface area contributed by atoms with E-state index in [1.54, 1.807) is 0 Å². The third-order valence-electron chi connectivity index (χ3n) is 4.38. The zero-order valence-corrected chi connectivity index (χ0v) is 7.71. The summed E-state index contributed by atoms with van der Waals surface area (Å²) >= 11 is 0. The van der Waals surface area contributed by atoms with Crippen molar-refractivity contribution in [3.8, 4) is 0 Å². The maximum Gasteiger partial charge on any atom is 0.00700 e. The molecule has 0 spiro atoms. The first-order valence-electron chi connectivity index (χ1n) is 5.60. The summed E-state index contributed by atoms with van der Waals surface area (Å²) in [6, 6.07) is 0.564. The highest BCUT2D eigenvalue weighted by Crippen LogP contribution is 2.53. The maximum absolute atomic E-state index is 6.14. The molecule has 3 rings (SSSR count).